The smallest absolute Gasteiger partial charge is 0.208 e. The third kappa shape index (κ3) is 2.94. The van der Waals surface area contributed by atoms with Crippen molar-refractivity contribution in [1.82, 2.24) is 5.43 Å². The maximum absolute atomic E-state index is 12.1. The number of aliphatic hydroxyl groups is 2. The third-order valence-electron chi connectivity index (χ3n) is 9.83. The first kappa shape index (κ1) is 20.3. The van der Waals surface area contributed by atoms with Crippen molar-refractivity contribution in [3.63, 3.8) is 0 Å². The fourth-order valence-corrected chi connectivity index (χ4v) is 8.16. The van der Waals surface area contributed by atoms with E-state index in [0.717, 1.165) is 57.9 Å². The maximum Gasteiger partial charge on any atom is 0.208 e. The molecule has 160 valence electrons. The zero-order valence-corrected chi connectivity index (χ0v) is 17.7. The lowest BCUT2D eigenvalue weighted by atomic mass is 9.43. The van der Waals surface area contributed by atoms with Gasteiger partial charge in [0.05, 0.1) is 11.7 Å². The average Bonchev–Trinajstić information content (AvgIpc) is 2.90. The molecule has 0 bridgehead atoms. The minimum atomic E-state index is -0.541. The summed E-state index contributed by atoms with van der Waals surface area (Å²) in [5, 5.41) is 26.2. The Bertz CT molecular complexity index is 624. The Balaban J connectivity index is 1.51. The normalized spacial score (nSPS) is 50.2. The molecule has 4 rings (SSSR count). The van der Waals surface area contributed by atoms with E-state index in [4.69, 9.17) is 11.5 Å². The predicted molar refractivity (Wildman–Crippen MR) is 111 cm³/mol. The molecule has 6 nitrogen and oxygen atoms in total. The van der Waals surface area contributed by atoms with E-state index in [2.05, 4.69) is 24.4 Å². The van der Waals surface area contributed by atoms with E-state index in [0.29, 0.717) is 29.1 Å². The maximum atomic E-state index is 12.1. The number of hydrazone groups is 1. The summed E-state index contributed by atoms with van der Waals surface area (Å²) >= 11 is 0. The summed E-state index contributed by atoms with van der Waals surface area (Å²) in [5.74, 6) is 2.23. The van der Waals surface area contributed by atoms with Gasteiger partial charge in [-0.2, -0.15) is 0 Å². The highest BCUT2D eigenvalue weighted by Crippen LogP contribution is 2.69. The first-order valence-electron chi connectivity index (χ1n) is 11.4. The van der Waals surface area contributed by atoms with Gasteiger partial charge in [0.2, 0.25) is 5.96 Å². The quantitative estimate of drug-likeness (QED) is 0.218. The minimum Gasteiger partial charge on any atom is -0.393 e. The lowest BCUT2D eigenvalue weighted by Gasteiger charge is -2.63. The van der Waals surface area contributed by atoms with Crippen molar-refractivity contribution in [2.24, 2.45) is 51.1 Å². The van der Waals surface area contributed by atoms with Crippen LogP contribution >= 0.6 is 0 Å². The zero-order valence-electron chi connectivity index (χ0n) is 17.7. The molecule has 0 aromatic rings. The van der Waals surface area contributed by atoms with Crippen molar-refractivity contribution in [3.05, 3.63) is 0 Å². The molecule has 0 aliphatic heterocycles. The van der Waals surface area contributed by atoms with Gasteiger partial charge < -0.3 is 27.1 Å². The van der Waals surface area contributed by atoms with Crippen LogP contribution in [0.2, 0.25) is 0 Å². The molecule has 0 heterocycles. The van der Waals surface area contributed by atoms with E-state index in [1.165, 1.54) is 12.8 Å². The van der Waals surface area contributed by atoms with E-state index in [9.17, 15) is 10.2 Å². The number of aliphatic hydroxyl groups excluding tert-OH is 1. The molecular formula is C22H40N4O2. The molecule has 2 unspecified atom stereocenters. The van der Waals surface area contributed by atoms with Crippen LogP contribution in [0.5, 0.6) is 0 Å². The topological polar surface area (TPSA) is 117 Å². The molecule has 4 saturated carbocycles. The van der Waals surface area contributed by atoms with Gasteiger partial charge in [-0.1, -0.05) is 13.8 Å². The fraction of sp³-hybridized carbons (Fsp3) is 0.955. The molecule has 28 heavy (non-hydrogen) atoms. The van der Waals surface area contributed by atoms with Crippen molar-refractivity contribution < 1.29 is 10.2 Å². The van der Waals surface area contributed by atoms with E-state index >= 15 is 0 Å². The highest BCUT2D eigenvalue weighted by molar-refractivity contribution is 5.75. The summed E-state index contributed by atoms with van der Waals surface area (Å²) < 4.78 is 0. The monoisotopic (exact) mass is 392 g/mol. The largest absolute Gasteiger partial charge is 0.393 e. The number of guanidine groups is 1. The van der Waals surface area contributed by atoms with Crippen LogP contribution in [0.4, 0.5) is 0 Å². The van der Waals surface area contributed by atoms with Crippen LogP contribution in [0, 0.1) is 34.5 Å². The summed E-state index contributed by atoms with van der Waals surface area (Å²) in [6.07, 6.45) is 10.6. The number of nitrogens with zero attached hydrogens (tertiary/aromatic N) is 1. The van der Waals surface area contributed by atoms with E-state index in [1.807, 2.05) is 0 Å². The number of nitrogens with two attached hydrogens (primary N) is 2. The molecule has 8 atom stereocenters. The number of fused-ring (bicyclic) bond motifs is 5. The Morgan fingerprint density at radius 2 is 1.82 bits per heavy atom. The van der Waals surface area contributed by atoms with Crippen molar-refractivity contribution in [3.8, 4) is 0 Å². The lowest BCUT2D eigenvalue weighted by molar-refractivity contribution is -0.210. The molecule has 4 fully saturated rings. The van der Waals surface area contributed by atoms with Crippen LogP contribution in [0.1, 0.15) is 78.1 Å². The molecule has 0 saturated heterocycles. The van der Waals surface area contributed by atoms with Crippen molar-refractivity contribution >= 4 is 5.96 Å². The molecule has 0 spiro atoms. The highest BCUT2D eigenvalue weighted by Gasteiger charge is 2.66. The molecule has 0 aromatic heterocycles. The van der Waals surface area contributed by atoms with Gasteiger partial charge in [0, 0.05) is 6.54 Å². The number of nitrogens with one attached hydrogen (secondary N) is 1. The summed E-state index contributed by atoms with van der Waals surface area (Å²) in [6.45, 7) is 5.57. The summed E-state index contributed by atoms with van der Waals surface area (Å²) in [5.41, 5.74) is 13.5. The van der Waals surface area contributed by atoms with E-state index < -0.39 is 5.60 Å². The predicted octanol–water partition coefficient (Wildman–Crippen LogP) is 2.29. The van der Waals surface area contributed by atoms with E-state index in [-0.39, 0.29) is 17.5 Å². The second-order valence-electron chi connectivity index (χ2n) is 10.8. The Labute approximate surface area is 169 Å². The summed E-state index contributed by atoms with van der Waals surface area (Å²) in [6, 6.07) is 0. The van der Waals surface area contributed by atoms with Gasteiger partial charge in [-0.3, -0.25) is 0 Å². The Hall–Kier alpha value is -1.01. The minimum absolute atomic E-state index is 0.00873. The van der Waals surface area contributed by atoms with Crippen LogP contribution in [0.15, 0.2) is 5.10 Å². The number of rotatable bonds is 4. The summed E-state index contributed by atoms with van der Waals surface area (Å²) in [7, 11) is 0. The van der Waals surface area contributed by atoms with Crippen LogP contribution in [0.3, 0.4) is 0 Å². The molecule has 6 heteroatoms. The van der Waals surface area contributed by atoms with Gasteiger partial charge in [-0.15, -0.1) is 5.10 Å². The SMILES string of the molecule is C[C@]12CCC(O)CC1CC[C@@H]1[C@@H]2CC[C@]2(C)[C@@H](CCNN=C(N)N)CC[C@@]12O. The molecule has 0 aromatic carbocycles. The molecule has 7 N–H and O–H groups in total. The average molecular weight is 393 g/mol. The van der Waals surface area contributed by atoms with Crippen molar-refractivity contribution in [1.29, 1.82) is 0 Å². The Morgan fingerprint density at radius 1 is 1.04 bits per heavy atom. The van der Waals surface area contributed by atoms with Gasteiger partial charge in [0.25, 0.3) is 0 Å². The Kier molecular flexibility index (Phi) is 5.10. The van der Waals surface area contributed by atoms with Crippen LogP contribution in [-0.2, 0) is 0 Å². The van der Waals surface area contributed by atoms with E-state index in [1.54, 1.807) is 0 Å². The van der Waals surface area contributed by atoms with Crippen LogP contribution < -0.4 is 16.9 Å². The summed E-state index contributed by atoms with van der Waals surface area (Å²) in [4.78, 5) is 0. The molecule has 4 aliphatic carbocycles. The van der Waals surface area contributed by atoms with Crippen LogP contribution in [-0.4, -0.2) is 34.4 Å². The number of hydrogen-bond donors (Lipinski definition) is 5. The van der Waals surface area contributed by atoms with Gasteiger partial charge in [-0.05, 0) is 98.7 Å². The molecule has 4 aliphatic rings. The van der Waals surface area contributed by atoms with Gasteiger partial charge >= 0.3 is 0 Å². The second kappa shape index (κ2) is 7.05. The highest BCUT2D eigenvalue weighted by atomic mass is 16.3. The van der Waals surface area contributed by atoms with Gasteiger partial charge in [0.1, 0.15) is 0 Å². The number of hydrogen-bond acceptors (Lipinski definition) is 4. The standard InChI is InChI=1S/C22H40N4O2/c1-20-9-6-16(27)13-15(20)3-4-18-17(20)7-10-21(2)14(5-11-22(18,21)28)8-12-25-26-19(23)24/h14-18,25,27-28H,3-13H2,1-2H3,(H4,23,24,26)/t14-,15?,16?,17+,18-,20+,21-,22-/m1/s1. The van der Waals surface area contributed by atoms with Crippen molar-refractivity contribution in [2.45, 2.75) is 89.8 Å². The van der Waals surface area contributed by atoms with Gasteiger partial charge in [0.15, 0.2) is 0 Å². The first-order chi connectivity index (χ1) is 13.2. The first-order valence-corrected chi connectivity index (χ1v) is 11.4. The Morgan fingerprint density at radius 3 is 2.57 bits per heavy atom. The lowest BCUT2D eigenvalue weighted by Crippen LogP contribution is -2.62. The zero-order chi connectivity index (χ0) is 20.2. The van der Waals surface area contributed by atoms with Crippen molar-refractivity contribution in [2.75, 3.05) is 6.54 Å². The molecular weight excluding hydrogens is 352 g/mol. The third-order valence-corrected chi connectivity index (χ3v) is 9.83. The fourth-order valence-electron chi connectivity index (χ4n) is 8.16. The van der Waals surface area contributed by atoms with Crippen LogP contribution in [0.25, 0.3) is 0 Å². The second-order valence-corrected chi connectivity index (χ2v) is 10.8. The van der Waals surface area contributed by atoms with Gasteiger partial charge in [-0.25, -0.2) is 0 Å². The molecule has 0 amide bonds. The molecule has 0 radical (unpaired) electrons.